The number of nitrogens with two attached hydrogens (primary N) is 1. The quantitative estimate of drug-likeness (QED) is 0.886. The second-order valence-corrected chi connectivity index (χ2v) is 6.01. The van der Waals surface area contributed by atoms with Crippen LogP contribution in [-0.4, -0.2) is 18.6 Å². The van der Waals surface area contributed by atoms with E-state index in [1.165, 1.54) is 30.6 Å². The molecular weight excluding hydrogens is 220 g/mol. The minimum atomic E-state index is 0.212. The van der Waals surface area contributed by atoms with Crippen LogP contribution in [0.15, 0.2) is 24.3 Å². The number of rotatable bonds is 3. The van der Waals surface area contributed by atoms with Crippen LogP contribution in [0.4, 0.5) is 5.69 Å². The molecule has 0 aliphatic carbocycles. The maximum absolute atomic E-state index is 5.78. The summed E-state index contributed by atoms with van der Waals surface area (Å²) >= 11 is 0. The Balaban J connectivity index is 2.29. The molecule has 1 saturated heterocycles. The highest BCUT2D eigenvalue weighted by molar-refractivity contribution is 5.55. The Hall–Kier alpha value is -1.02. The molecule has 2 nitrogen and oxygen atoms in total. The van der Waals surface area contributed by atoms with Gasteiger partial charge in [0, 0.05) is 17.8 Å². The Bertz CT molecular complexity index is 396. The lowest BCUT2D eigenvalue weighted by molar-refractivity contribution is 0.227. The molecular formula is C16H26N2. The topological polar surface area (TPSA) is 29.3 Å². The monoisotopic (exact) mass is 246 g/mol. The zero-order valence-electron chi connectivity index (χ0n) is 11.9. The molecule has 1 fully saturated rings. The first kappa shape index (κ1) is 13.4. The first-order valence-electron chi connectivity index (χ1n) is 7.10. The Labute approximate surface area is 111 Å². The molecule has 0 aromatic heterocycles. The van der Waals surface area contributed by atoms with Gasteiger partial charge in [-0.3, -0.25) is 0 Å². The van der Waals surface area contributed by atoms with Crippen LogP contribution in [0, 0.1) is 12.8 Å². The lowest BCUT2D eigenvalue weighted by Gasteiger charge is -2.50. The van der Waals surface area contributed by atoms with Crippen molar-refractivity contribution < 1.29 is 0 Å². The van der Waals surface area contributed by atoms with Crippen molar-refractivity contribution >= 4 is 5.69 Å². The van der Waals surface area contributed by atoms with Crippen molar-refractivity contribution in [3.8, 4) is 0 Å². The van der Waals surface area contributed by atoms with Crippen molar-refractivity contribution in [2.24, 2.45) is 11.7 Å². The second-order valence-electron chi connectivity index (χ2n) is 6.01. The van der Waals surface area contributed by atoms with Crippen molar-refractivity contribution in [2.75, 3.05) is 18.0 Å². The third kappa shape index (κ3) is 2.39. The Morgan fingerprint density at radius 3 is 2.72 bits per heavy atom. The van der Waals surface area contributed by atoms with E-state index >= 15 is 0 Å². The van der Waals surface area contributed by atoms with Crippen LogP contribution in [0.2, 0.25) is 0 Å². The molecule has 0 spiro atoms. The molecule has 1 atom stereocenters. The van der Waals surface area contributed by atoms with Gasteiger partial charge in [-0.25, -0.2) is 0 Å². The summed E-state index contributed by atoms with van der Waals surface area (Å²) in [6.45, 7) is 8.92. The van der Waals surface area contributed by atoms with E-state index in [4.69, 9.17) is 5.73 Å². The molecule has 1 aliphatic rings. The molecule has 2 rings (SSSR count). The van der Waals surface area contributed by atoms with E-state index in [1.54, 1.807) is 0 Å². The van der Waals surface area contributed by atoms with E-state index in [-0.39, 0.29) is 5.54 Å². The van der Waals surface area contributed by atoms with Gasteiger partial charge in [0.2, 0.25) is 0 Å². The van der Waals surface area contributed by atoms with Gasteiger partial charge in [-0.1, -0.05) is 18.2 Å². The second kappa shape index (κ2) is 5.31. The molecule has 0 radical (unpaired) electrons. The van der Waals surface area contributed by atoms with Crippen LogP contribution in [-0.2, 0) is 0 Å². The predicted octanol–water partition coefficient (Wildman–Crippen LogP) is 3.34. The van der Waals surface area contributed by atoms with Crippen LogP contribution >= 0.6 is 0 Å². The molecule has 18 heavy (non-hydrogen) atoms. The standard InChI is InChI=1S/C16H26N2/c1-13-7-4-5-9-15(13)18-12-6-8-14(10-11-17)16(18,2)3/h4-5,7,9,14H,6,8,10-12,17H2,1-3H3. The number of nitrogens with zero attached hydrogens (tertiary/aromatic N) is 1. The fourth-order valence-electron chi connectivity index (χ4n) is 3.35. The summed E-state index contributed by atoms with van der Waals surface area (Å²) in [6, 6.07) is 8.72. The van der Waals surface area contributed by atoms with Gasteiger partial charge in [0.1, 0.15) is 0 Å². The SMILES string of the molecule is Cc1ccccc1N1CCCC(CCN)C1(C)C. The van der Waals surface area contributed by atoms with Gasteiger partial charge in [-0.05, 0) is 64.1 Å². The minimum Gasteiger partial charge on any atom is -0.366 e. The van der Waals surface area contributed by atoms with Crippen molar-refractivity contribution in [3.63, 3.8) is 0 Å². The van der Waals surface area contributed by atoms with Crippen LogP contribution in [0.5, 0.6) is 0 Å². The Kier molecular flexibility index (Phi) is 3.96. The van der Waals surface area contributed by atoms with Gasteiger partial charge in [0.25, 0.3) is 0 Å². The number of benzene rings is 1. The summed E-state index contributed by atoms with van der Waals surface area (Å²) in [6.07, 6.45) is 3.73. The van der Waals surface area contributed by atoms with Crippen LogP contribution in [0.25, 0.3) is 0 Å². The molecule has 2 heteroatoms. The number of para-hydroxylation sites is 1. The van der Waals surface area contributed by atoms with Crippen molar-refractivity contribution in [1.82, 2.24) is 0 Å². The van der Waals surface area contributed by atoms with Gasteiger partial charge in [0.15, 0.2) is 0 Å². The van der Waals surface area contributed by atoms with Crippen LogP contribution in [0.3, 0.4) is 0 Å². The summed E-state index contributed by atoms with van der Waals surface area (Å²) in [5, 5.41) is 0. The molecule has 1 aromatic rings. The molecule has 1 heterocycles. The first-order chi connectivity index (χ1) is 8.57. The van der Waals surface area contributed by atoms with E-state index in [9.17, 15) is 0 Å². The van der Waals surface area contributed by atoms with Gasteiger partial charge < -0.3 is 10.6 Å². The summed E-state index contributed by atoms with van der Waals surface area (Å²) in [7, 11) is 0. The molecule has 2 N–H and O–H groups in total. The normalized spacial score (nSPS) is 23.1. The molecule has 1 unspecified atom stereocenters. The lowest BCUT2D eigenvalue weighted by Crippen LogP contribution is -2.54. The predicted molar refractivity (Wildman–Crippen MR) is 79.0 cm³/mol. The van der Waals surface area contributed by atoms with Crippen LogP contribution in [0.1, 0.15) is 38.7 Å². The number of hydrogen-bond acceptors (Lipinski definition) is 2. The number of anilines is 1. The fourth-order valence-corrected chi connectivity index (χ4v) is 3.35. The minimum absolute atomic E-state index is 0.212. The van der Waals surface area contributed by atoms with Gasteiger partial charge in [-0.2, -0.15) is 0 Å². The summed E-state index contributed by atoms with van der Waals surface area (Å²) in [5.41, 5.74) is 8.75. The van der Waals surface area contributed by atoms with E-state index in [0.29, 0.717) is 5.92 Å². The number of piperidine rings is 1. The largest absolute Gasteiger partial charge is 0.366 e. The molecule has 0 bridgehead atoms. The highest BCUT2D eigenvalue weighted by Gasteiger charge is 2.38. The Morgan fingerprint density at radius 2 is 2.06 bits per heavy atom. The molecule has 1 aromatic carbocycles. The Morgan fingerprint density at radius 1 is 1.33 bits per heavy atom. The van der Waals surface area contributed by atoms with Crippen molar-refractivity contribution in [1.29, 1.82) is 0 Å². The molecule has 0 saturated carbocycles. The van der Waals surface area contributed by atoms with E-state index in [2.05, 4.69) is 49.9 Å². The highest BCUT2D eigenvalue weighted by atomic mass is 15.2. The maximum Gasteiger partial charge on any atom is 0.0400 e. The van der Waals surface area contributed by atoms with Crippen molar-refractivity contribution in [2.45, 2.75) is 45.6 Å². The number of aryl methyl sites for hydroxylation is 1. The zero-order chi connectivity index (χ0) is 13.2. The summed E-state index contributed by atoms with van der Waals surface area (Å²) in [5.74, 6) is 0.704. The van der Waals surface area contributed by atoms with E-state index < -0.39 is 0 Å². The van der Waals surface area contributed by atoms with Crippen LogP contribution < -0.4 is 10.6 Å². The van der Waals surface area contributed by atoms with Crippen molar-refractivity contribution in [3.05, 3.63) is 29.8 Å². The molecule has 1 aliphatic heterocycles. The highest BCUT2D eigenvalue weighted by Crippen LogP contribution is 2.39. The molecule has 100 valence electrons. The zero-order valence-corrected chi connectivity index (χ0v) is 11.9. The fraction of sp³-hybridized carbons (Fsp3) is 0.625. The lowest BCUT2D eigenvalue weighted by atomic mass is 9.76. The smallest absolute Gasteiger partial charge is 0.0400 e. The summed E-state index contributed by atoms with van der Waals surface area (Å²) < 4.78 is 0. The van der Waals surface area contributed by atoms with Gasteiger partial charge >= 0.3 is 0 Å². The average Bonchev–Trinajstić information content (AvgIpc) is 2.33. The first-order valence-corrected chi connectivity index (χ1v) is 7.10. The third-order valence-electron chi connectivity index (χ3n) is 4.55. The van der Waals surface area contributed by atoms with Gasteiger partial charge in [0.05, 0.1) is 0 Å². The average molecular weight is 246 g/mol. The third-order valence-corrected chi connectivity index (χ3v) is 4.55. The van der Waals surface area contributed by atoms with Gasteiger partial charge in [-0.15, -0.1) is 0 Å². The summed E-state index contributed by atoms with van der Waals surface area (Å²) in [4.78, 5) is 2.59. The van der Waals surface area contributed by atoms with E-state index in [1.807, 2.05) is 0 Å². The van der Waals surface area contributed by atoms with E-state index in [0.717, 1.165) is 13.0 Å². The maximum atomic E-state index is 5.78. The number of hydrogen-bond donors (Lipinski definition) is 1. The molecule has 0 amide bonds.